The number of hydrogen-bond donors (Lipinski definition) is 0. The Morgan fingerprint density at radius 1 is 1.17 bits per heavy atom. The molecule has 0 aromatic carbocycles. The van der Waals surface area contributed by atoms with E-state index in [1.807, 2.05) is 0 Å². The summed E-state index contributed by atoms with van der Waals surface area (Å²) in [4.78, 5) is 10.4. The van der Waals surface area contributed by atoms with Crippen molar-refractivity contribution in [3.05, 3.63) is 16.7 Å². The van der Waals surface area contributed by atoms with Crippen LogP contribution in [0.25, 0.3) is 5.41 Å². The Bertz CT molecular complexity index is 306. The fourth-order valence-electron chi connectivity index (χ4n) is 0.505. The van der Waals surface area contributed by atoms with Crippen LogP contribution >= 0.6 is 0 Å². The minimum absolute atomic E-state index is 0. The molecule has 0 amide bonds. The van der Waals surface area contributed by atoms with Crippen molar-refractivity contribution in [2.75, 3.05) is 0 Å². The fraction of sp³-hybridized carbons (Fsp3) is 0.286. The van der Waals surface area contributed by atoms with E-state index in [0.29, 0.717) is 9.78 Å². The summed E-state index contributed by atoms with van der Waals surface area (Å²) in [7, 11) is 0. The largest absolute Gasteiger partial charge is 0 e. The summed E-state index contributed by atoms with van der Waals surface area (Å²) in [5.41, 5.74) is 0.411. The SMILES string of the molecule is C[C](=[W])OC(=[N-])C([C-]=O)=C(C)[N]=[W].[W].[W].[W].[W].[W]. The van der Waals surface area contributed by atoms with Crippen LogP contribution in [0.15, 0.2) is 14.8 Å². The molecule has 18 heavy (non-hydrogen) atoms. The predicted octanol–water partition coefficient (Wildman–Crippen LogP) is 0.769. The van der Waals surface area contributed by atoms with Gasteiger partial charge in [0.2, 0.25) is 0 Å². The van der Waals surface area contributed by atoms with E-state index in [2.05, 4.69) is 3.50 Å². The third-order valence-electron chi connectivity index (χ3n) is 1.06. The molecule has 0 heterocycles. The van der Waals surface area contributed by atoms with E-state index >= 15 is 0 Å². The summed E-state index contributed by atoms with van der Waals surface area (Å²) in [6.07, 6.45) is 1.59. The number of hydrogen-bond acceptors (Lipinski definition) is 3. The van der Waals surface area contributed by atoms with Gasteiger partial charge < -0.3 is 0 Å². The number of nitrogens with zero attached hydrogens (tertiary/aromatic N) is 2. The van der Waals surface area contributed by atoms with Crippen LogP contribution in [-0.2, 0) is 154 Å². The van der Waals surface area contributed by atoms with Crippen LogP contribution < -0.4 is 0 Å². The maximum Gasteiger partial charge on any atom is 0 e. The first kappa shape index (κ1) is 37.5. The van der Waals surface area contributed by atoms with Crippen molar-refractivity contribution in [1.82, 2.24) is 0 Å². The van der Waals surface area contributed by atoms with Crippen molar-refractivity contribution >= 4 is 16.3 Å². The molecule has 0 aromatic heterocycles. The van der Waals surface area contributed by atoms with Crippen LogP contribution in [0.5, 0.6) is 0 Å². The van der Waals surface area contributed by atoms with E-state index in [-0.39, 0.29) is 111 Å². The Morgan fingerprint density at radius 3 is 1.78 bits per heavy atom. The molecule has 0 saturated carbocycles. The van der Waals surface area contributed by atoms with E-state index in [4.69, 9.17) is 4.74 Å². The van der Waals surface area contributed by atoms with E-state index in [1.54, 1.807) is 20.1 Å². The standard InChI is InChI=1S/C7H6N2O2.7W/c1-3-11-7(9)6(4-10)5(2)8;;;;;;;/h1-2H3;;;;;;;/q-2;;;;;;;. The molecule has 4 nitrogen and oxygen atoms in total. The van der Waals surface area contributed by atoms with Gasteiger partial charge in [-0.3, -0.25) is 0 Å². The Balaban J connectivity index is -0.0000000720. The van der Waals surface area contributed by atoms with E-state index < -0.39 is 5.90 Å². The second-order valence-electron chi connectivity index (χ2n) is 2.05. The average molecular weight is 1440 g/mol. The number of carbonyl (C=O) groups excluding carboxylic acids is 1. The van der Waals surface area contributed by atoms with Crippen LogP contribution in [0.2, 0.25) is 0 Å². The maximum atomic E-state index is 10.4. The van der Waals surface area contributed by atoms with Gasteiger partial charge in [0.15, 0.2) is 0 Å². The summed E-state index contributed by atoms with van der Waals surface area (Å²) in [5.74, 6) is -0.426. The minimum atomic E-state index is -0.426. The normalized spacial score (nSPS) is 8.11. The van der Waals surface area contributed by atoms with Gasteiger partial charge >= 0.3 is 98.8 Å². The van der Waals surface area contributed by atoms with Crippen molar-refractivity contribution in [2.45, 2.75) is 13.8 Å². The monoisotopic (exact) mass is 1440 g/mol. The van der Waals surface area contributed by atoms with Crippen molar-refractivity contribution in [3.63, 3.8) is 0 Å². The molecule has 11 heteroatoms. The van der Waals surface area contributed by atoms with E-state index in [1.165, 1.54) is 0 Å². The first-order valence-corrected chi connectivity index (χ1v) is 5.97. The molecular formula is C7H6N2O2W7-2. The van der Waals surface area contributed by atoms with E-state index in [0.717, 1.165) is 39.0 Å². The average Bonchev–Trinajstić information content (AvgIpc) is 2.03. The second kappa shape index (κ2) is 22.6. The Morgan fingerprint density at radius 2 is 1.56 bits per heavy atom. The molecule has 0 radical (unpaired) electrons. The summed E-state index contributed by atoms with van der Waals surface area (Å²) in [5, 5.41) is 9.30. The fourth-order valence-corrected chi connectivity index (χ4v) is 1.12. The van der Waals surface area contributed by atoms with E-state index in [9.17, 15) is 10.2 Å². The van der Waals surface area contributed by atoms with Gasteiger partial charge in [0.1, 0.15) is 0 Å². The van der Waals surface area contributed by atoms with Crippen LogP contribution in [0, 0.1) is 0 Å². The van der Waals surface area contributed by atoms with Crippen LogP contribution in [-0.4, -0.2) is 16.3 Å². The van der Waals surface area contributed by atoms with Gasteiger partial charge in [-0.05, 0) is 0 Å². The predicted molar refractivity (Wildman–Crippen MR) is 41.0 cm³/mol. The first-order valence-electron chi connectivity index (χ1n) is 3.20. The Kier molecular flexibility index (Phi) is 47.2. The third-order valence-corrected chi connectivity index (χ3v) is 2.34. The van der Waals surface area contributed by atoms with Crippen LogP contribution in [0.4, 0.5) is 0 Å². The summed E-state index contributed by atoms with van der Waals surface area (Å²) in [6.45, 7) is 3.32. The summed E-state index contributed by atoms with van der Waals surface area (Å²) < 4.78 is 9.33. The van der Waals surface area contributed by atoms with Gasteiger partial charge in [-0.15, -0.1) is 0 Å². The Labute approximate surface area is 200 Å². The van der Waals surface area contributed by atoms with Gasteiger partial charge in [0.25, 0.3) is 0 Å². The van der Waals surface area contributed by atoms with Gasteiger partial charge in [0.05, 0.1) is 0 Å². The first-order chi connectivity index (χ1) is 6.02. The number of ether oxygens (including phenoxy) is 1. The van der Waals surface area contributed by atoms with Crippen LogP contribution in [0.1, 0.15) is 13.8 Å². The van der Waals surface area contributed by atoms with Crippen molar-refractivity contribution < 1.29 is 154 Å². The quantitative estimate of drug-likeness (QED) is 0.181. The molecule has 0 unspecified atom stereocenters. The van der Waals surface area contributed by atoms with Crippen LogP contribution in [0.3, 0.4) is 0 Å². The molecule has 0 aliphatic carbocycles. The molecule has 0 saturated heterocycles. The van der Waals surface area contributed by atoms with Crippen molar-refractivity contribution in [2.24, 2.45) is 3.50 Å². The molecule has 0 aliphatic rings. The molecule has 0 N–H and O–H groups in total. The third kappa shape index (κ3) is 17.4. The van der Waals surface area contributed by atoms with Gasteiger partial charge in [-0.25, -0.2) is 0 Å². The summed E-state index contributed by atoms with van der Waals surface area (Å²) in [6, 6.07) is 0. The number of rotatable bonds is 4. The smallest absolute Gasteiger partial charge is 0 e. The molecule has 0 aromatic rings. The Hall–Kier alpha value is 3.37. The molecule has 0 rings (SSSR count). The minimum Gasteiger partial charge on any atom is 0 e. The molecule has 0 atom stereocenters. The summed E-state index contributed by atoms with van der Waals surface area (Å²) >= 11 is 2.04. The molecular weight excluding hydrogens is 1430 g/mol. The zero-order chi connectivity index (χ0) is 10.4. The van der Waals surface area contributed by atoms with Gasteiger partial charge in [-0.2, -0.15) is 0 Å². The molecule has 100 valence electrons. The maximum absolute atomic E-state index is 10.4. The van der Waals surface area contributed by atoms with Gasteiger partial charge in [-0.1, -0.05) is 0 Å². The molecule has 0 fully saturated rings. The molecule has 0 bridgehead atoms. The molecule has 0 aliphatic heterocycles. The zero-order valence-electron chi connectivity index (χ0n) is 9.07. The second-order valence-corrected chi connectivity index (χ2v) is 4.77. The zero-order valence-corrected chi connectivity index (χ0v) is 29.6. The van der Waals surface area contributed by atoms with Crippen molar-refractivity contribution in [1.29, 1.82) is 0 Å². The molecule has 0 spiro atoms. The topological polar surface area (TPSA) is 61.0 Å². The van der Waals surface area contributed by atoms with Gasteiger partial charge in [0, 0.05) is 105 Å². The van der Waals surface area contributed by atoms with Crippen molar-refractivity contribution in [3.8, 4) is 0 Å². The number of allylic oxidation sites excluding steroid dienone is 1.